The lowest BCUT2D eigenvalue weighted by atomic mass is 9.89. The highest BCUT2D eigenvalue weighted by Gasteiger charge is 2.37. The van der Waals surface area contributed by atoms with Crippen LogP contribution in [0.5, 0.6) is 17.2 Å². The molecule has 0 unspecified atom stereocenters. The van der Waals surface area contributed by atoms with Crippen LogP contribution in [0.4, 0.5) is 27.4 Å². The van der Waals surface area contributed by atoms with Crippen molar-refractivity contribution in [1.29, 1.82) is 0 Å². The number of likely N-dealkylation sites (tertiary alicyclic amines) is 1. The first-order valence-corrected chi connectivity index (χ1v) is 15.5. The predicted molar refractivity (Wildman–Crippen MR) is 177 cm³/mol. The van der Waals surface area contributed by atoms with Gasteiger partial charge in [0.25, 0.3) is 0 Å². The van der Waals surface area contributed by atoms with Crippen molar-refractivity contribution in [2.75, 3.05) is 62.0 Å². The number of ether oxygens (including phenoxy) is 2. The number of piperidine rings is 1. The number of fused-ring (bicyclic) bond motifs is 1. The molecule has 0 spiro atoms. The van der Waals surface area contributed by atoms with Crippen molar-refractivity contribution in [1.82, 2.24) is 19.9 Å². The summed E-state index contributed by atoms with van der Waals surface area (Å²) in [5, 5.41) is 26.8. The minimum Gasteiger partial charge on any atom is -0.495 e. The molecule has 4 N–H and O–H groups in total. The molecule has 0 bridgehead atoms. The van der Waals surface area contributed by atoms with E-state index in [1.54, 1.807) is 42.5 Å². The number of aliphatic hydroxyl groups excluding tert-OH is 2. The summed E-state index contributed by atoms with van der Waals surface area (Å²) in [6.45, 7) is 5.75. The number of carbonyl (C=O) groups excluding carboxylic acids is 1. The van der Waals surface area contributed by atoms with Gasteiger partial charge in [0.15, 0.2) is 0 Å². The SMILES string of the molecule is C=CC(=O)N1CCC(Nc2cc3c(Nc4ccc(Oc5ccnc(N6CCC(CO)(CO)C6)c5)cc4F)ncnc3cc2OC)CC1. The van der Waals surface area contributed by atoms with Crippen LogP contribution in [0.2, 0.25) is 0 Å². The monoisotopic (exact) mass is 643 g/mol. The number of nitrogens with zero attached hydrogens (tertiary/aromatic N) is 5. The van der Waals surface area contributed by atoms with Gasteiger partial charge in [0.2, 0.25) is 5.91 Å². The van der Waals surface area contributed by atoms with E-state index in [1.165, 1.54) is 18.5 Å². The number of pyridine rings is 1. The highest BCUT2D eigenvalue weighted by Crippen LogP contribution is 2.36. The van der Waals surface area contributed by atoms with Gasteiger partial charge >= 0.3 is 0 Å². The molecule has 2 aliphatic heterocycles. The molecule has 0 saturated carbocycles. The van der Waals surface area contributed by atoms with E-state index < -0.39 is 11.2 Å². The third-order valence-electron chi connectivity index (χ3n) is 8.88. The Bertz CT molecular complexity index is 1760. The molecule has 2 saturated heterocycles. The Morgan fingerprint density at radius 3 is 2.55 bits per heavy atom. The standard InChI is InChI=1S/C34H38FN7O5/c1-3-32(45)41-11-7-22(8-12-41)39-29-16-25-28(17-30(29)46-2)37-21-38-33(25)40-27-5-4-23(14-26(27)35)47-24-6-10-36-31(15-24)42-13-9-34(18-42,19-43)20-44/h3-6,10,14-17,21-22,39,43-44H,1,7-9,11-13,18-20H2,2H3,(H,37,38,40). The molecule has 2 fully saturated rings. The summed E-state index contributed by atoms with van der Waals surface area (Å²) < 4.78 is 27.0. The Balaban J connectivity index is 1.17. The van der Waals surface area contributed by atoms with Gasteiger partial charge in [-0.3, -0.25) is 4.79 Å². The van der Waals surface area contributed by atoms with Crippen molar-refractivity contribution >= 4 is 39.8 Å². The molecule has 4 aromatic rings. The maximum absolute atomic E-state index is 15.4. The smallest absolute Gasteiger partial charge is 0.245 e. The molecule has 2 aromatic heterocycles. The van der Waals surface area contributed by atoms with Crippen molar-refractivity contribution in [2.24, 2.45) is 5.41 Å². The van der Waals surface area contributed by atoms with E-state index in [9.17, 15) is 15.0 Å². The number of carbonyl (C=O) groups is 1. The van der Waals surface area contributed by atoms with Crippen molar-refractivity contribution in [3.8, 4) is 17.2 Å². The van der Waals surface area contributed by atoms with Gasteiger partial charge in [0.05, 0.1) is 37.2 Å². The lowest BCUT2D eigenvalue weighted by molar-refractivity contribution is -0.126. The quantitative estimate of drug-likeness (QED) is 0.172. The maximum atomic E-state index is 15.4. The Morgan fingerprint density at radius 1 is 1.06 bits per heavy atom. The molecule has 4 heterocycles. The van der Waals surface area contributed by atoms with E-state index in [2.05, 4.69) is 32.2 Å². The van der Waals surface area contributed by atoms with Gasteiger partial charge in [-0.25, -0.2) is 19.3 Å². The van der Waals surface area contributed by atoms with Gasteiger partial charge < -0.3 is 40.1 Å². The lowest BCUT2D eigenvalue weighted by Crippen LogP contribution is -2.41. The Hall–Kier alpha value is -5.01. The minimum atomic E-state index is -0.560. The molecule has 0 aliphatic carbocycles. The molecule has 1 amide bonds. The zero-order valence-electron chi connectivity index (χ0n) is 26.2. The first-order valence-electron chi connectivity index (χ1n) is 15.5. The molecule has 246 valence electrons. The van der Waals surface area contributed by atoms with Crippen LogP contribution in [0.25, 0.3) is 10.9 Å². The normalized spacial score (nSPS) is 16.3. The van der Waals surface area contributed by atoms with E-state index in [1.807, 2.05) is 17.0 Å². The van der Waals surface area contributed by atoms with Crippen LogP contribution in [0.15, 0.2) is 67.6 Å². The molecule has 0 atom stereocenters. The number of rotatable bonds is 11. The van der Waals surface area contributed by atoms with Crippen molar-refractivity contribution in [3.05, 3.63) is 73.5 Å². The van der Waals surface area contributed by atoms with Crippen LogP contribution in [0.1, 0.15) is 19.3 Å². The van der Waals surface area contributed by atoms with Crippen LogP contribution in [0.3, 0.4) is 0 Å². The minimum absolute atomic E-state index is 0.0644. The Morgan fingerprint density at radius 2 is 1.85 bits per heavy atom. The van der Waals surface area contributed by atoms with Crippen LogP contribution >= 0.6 is 0 Å². The fourth-order valence-electron chi connectivity index (χ4n) is 6.06. The Kier molecular flexibility index (Phi) is 9.36. The summed E-state index contributed by atoms with van der Waals surface area (Å²) in [6, 6.07) is 11.8. The highest BCUT2D eigenvalue weighted by molar-refractivity contribution is 5.95. The number of hydrogen-bond donors (Lipinski definition) is 4. The lowest BCUT2D eigenvalue weighted by Gasteiger charge is -2.32. The number of hydrogen-bond acceptors (Lipinski definition) is 11. The Labute approximate surface area is 271 Å². The average Bonchev–Trinajstić information content (AvgIpc) is 3.55. The fraction of sp³-hybridized carbons (Fsp3) is 0.353. The zero-order chi connectivity index (χ0) is 33.0. The largest absolute Gasteiger partial charge is 0.495 e. The molecule has 2 aromatic carbocycles. The second kappa shape index (κ2) is 13.8. The van der Waals surface area contributed by atoms with Crippen molar-refractivity contribution in [2.45, 2.75) is 25.3 Å². The predicted octanol–water partition coefficient (Wildman–Crippen LogP) is 4.48. The summed E-state index contributed by atoms with van der Waals surface area (Å²) in [4.78, 5) is 29.0. The van der Waals surface area contributed by atoms with Gasteiger partial charge in [-0.15, -0.1) is 0 Å². The molecule has 12 nitrogen and oxygen atoms in total. The van der Waals surface area contributed by atoms with Gasteiger partial charge in [0, 0.05) is 67.4 Å². The second-order valence-corrected chi connectivity index (χ2v) is 11.9. The van der Waals surface area contributed by atoms with Gasteiger partial charge in [0.1, 0.15) is 41.0 Å². The van der Waals surface area contributed by atoms with E-state index in [0.717, 1.165) is 18.5 Å². The van der Waals surface area contributed by atoms with E-state index in [-0.39, 0.29) is 30.9 Å². The number of benzene rings is 2. The van der Waals surface area contributed by atoms with Crippen LogP contribution in [-0.2, 0) is 4.79 Å². The van der Waals surface area contributed by atoms with E-state index in [4.69, 9.17) is 9.47 Å². The molecule has 0 radical (unpaired) electrons. The molecular formula is C34H38FN7O5. The van der Waals surface area contributed by atoms with Crippen LogP contribution in [-0.4, -0.2) is 88.5 Å². The van der Waals surface area contributed by atoms with Crippen LogP contribution < -0.4 is 25.0 Å². The molecule has 13 heteroatoms. The second-order valence-electron chi connectivity index (χ2n) is 11.9. The van der Waals surface area contributed by atoms with E-state index in [0.29, 0.717) is 72.4 Å². The topological polar surface area (TPSA) is 145 Å². The molecule has 2 aliphatic rings. The van der Waals surface area contributed by atoms with Crippen molar-refractivity contribution < 1.29 is 28.9 Å². The summed E-state index contributed by atoms with van der Waals surface area (Å²) in [5.41, 5.74) is 1.02. The van der Waals surface area contributed by atoms with Crippen LogP contribution in [0, 0.1) is 11.2 Å². The molecule has 6 rings (SSSR count). The first-order chi connectivity index (χ1) is 22.8. The molecule has 47 heavy (non-hydrogen) atoms. The van der Waals surface area contributed by atoms with Gasteiger partial charge in [-0.1, -0.05) is 6.58 Å². The van der Waals surface area contributed by atoms with Gasteiger partial charge in [-0.05, 0) is 49.6 Å². The number of amides is 1. The number of nitrogens with one attached hydrogen (secondary N) is 2. The summed E-state index contributed by atoms with van der Waals surface area (Å²) in [6.07, 6.45) is 6.55. The third-order valence-corrected chi connectivity index (χ3v) is 8.88. The first kappa shape index (κ1) is 32.0. The van der Waals surface area contributed by atoms with Crippen molar-refractivity contribution in [3.63, 3.8) is 0 Å². The van der Waals surface area contributed by atoms with Gasteiger partial charge in [-0.2, -0.15) is 0 Å². The summed E-state index contributed by atoms with van der Waals surface area (Å²) in [5.74, 6) is 1.87. The number of anilines is 4. The number of aliphatic hydroxyl groups is 2. The van der Waals surface area contributed by atoms with E-state index >= 15 is 4.39 Å². The summed E-state index contributed by atoms with van der Waals surface area (Å²) in [7, 11) is 1.59. The number of methoxy groups -OCH3 is 1. The maximum Gasteiger partial charge on any atom is 0.245 e. The fourth-order valence-corrected chi connectivity index (χ4v) is 6.06. The zero-order valence-corrected chi connectivity index (χ0v) is 26.2. The average molecular weight is 644 g/mol. The molecular weight excluding hydrogens is 605 g/mol. The number of halogens is 1. The summed E-state index contributed by atoms with van der Waals surface area (Å²) >= 11 is 0. The number of aromatic nitrogens is 3. The highest BCUT2D eigenvalue weighted by atomic mass is 19.1. The third kappa shape index (κ3) is 6.91.